The Hall–Kier alpha value is -2.56. The summed E-state index contributed by atoms with van der Waals surface area (Å²) < 4.78 is 5.40. The lowest BCUT2D eigenvalue weighted by molar-refractivity contribution is 0.144. The van der Waals surface area contributed by atoms with Crippen molar-refractivity contribution in [2.24, 2.45) is 0 Å². The predicted molar refractivity (Wildman–Crippen MR) is 106 cm³/mol. The van der Waals surface area contributed by atoms with Crippen LogP contribution < -0.4 is 9.64 Å². The van der Waals surface area contributed by atoms with E-state index >= 15 is 0 Å². The number of anilines is 1. The molecule has 1 aliphatic heterocycles. The minimum atomic E-state index is -1.28. The van der Waals surface area contributed by atoms with Crippen molar-refractivity contribution in [3.05, 3.63) is 41.6 Å². The fraction of sp³-hybridized carbons (Fsp3) is 0.455. The monoisotopic (exact) mass is 366 g/mol. The molecule has 1 fully saturated rings. The predicted octanol–water partition coefficient (Wildman–Crippen LogP) is 5.06. The van der Waals surface area contributed by atoms with Gasteiger partial charge in [-0.05, 0) is 56.1 Å². The van der Waals surface area contributed by atoms with Crippen molar-refractivity contribution in [2.45, 2.75) is 51.4 Å². The molecule has 2 heterocycles. The van der Waals surface area contributed by atoms with E-state index in [4.69, 9.17) is 9.72 Å². The van der Waals surface area contributed by atoms with Crippen molar-refractivity contribution in [3.8, 4) is 16.9 Å². The zero-order chi connectivity index (χ0) is 18.6. The summed E-state index contributed by atoms with van der Waals surface area (Å²) in [4.78, 5) is 18.7. The number of benzene rings is 1. The van der Waals surface area contributed by atoms with Gasteiger partial charge in [-0.25, -0.2) is 9.78 Å². The van der Waals surface area contributed by atoms with Crippen LogP contribution in [0.1, 0.15) is 49.8 Å². The Morgan fingerprint density at radius 2 is 1.67 bits per heavy atom. The number of carbonyl (C=O) groups is 1. The largest absolute Gasteiger partial charge is 0.511 e. The average molecular weight is 366 g/mol. The second-order valence-corrected chi connectivity index (χ2v) is 7.41. The van der Waals surface area contributed by atoms with Gasteiger partial charge >= 0.3 is 6.16 Å². The van der Waals surface area contributed by atoms with E-state index in [0.29, 0.717) is 11.6 Å². The minimum absolute atomic E-state index is 0.413. The first kappa shape index (κ1) is 17.8. The normalized spacial score (nSPS) is 17.1. The Morgan fingerprint density at radius 3 is 2.41 bits per heavy atom. The summed E-state index contributed by atoms with van der Waals surface area (Å²) in [5, 5.41) is 9.45. The third kappa shape index (κ3) is 3.77. The van der Waals surface area contributed by atoms with Gasteiger partial charge in [0.25, 0.3) is 0 Å². The van der Waals surface area contributed by atoms with Crippen LogP contribution in [0.2, 0.25) is 0 Å². The number of rotatable bonds is 3. The van der Waals surface area contributed by atoms with Crippen LogP contribution in [0, 0.1) is 0 Å². The van der Waals surface area contributed by atoms with E-state index in [1.54, 1.807) is 0 Å². The minimum Gasteiger partial charge on any atom is -0.449 e. The van der Waals surface area contributed by atoms with Crippen molar-refractivity contribution in [2.75, 3.05) is 18.0 Å². The Labute approximate surface area is 160 Å². The lowest BCUT2D eigenvalue weighted by Crippen LogP contribution is -2.31. The van der Waals surface area contributed by atoms with Gasteiger partial charge in [-0.15, -0.1) is 0 Å². The summed E-state index contributed by atoms with van der Waals surface area (Å²) in [6.07, 6.45) is 7.42. The molecule has 0 radical (unpaired) electrons. The van der Waals surface area contributed by atoms with E-state index in [1.165, 1.54) is 12.8 Å². The van der Waals surface area contributed by atoms with E-state index in [2.05, 4.69) is 4.90 Å². The highest BCUT2D eigenvalue weighted by Gasteiger charge is 2.28. The van der Waals surface area contributed by atoms with E-state index in [-0.39, 0.29) is 0 Å². The highest BCUT2D eigenvalue weighted by atomic mass is 16.7. The standard InChI is InChI=1S/C22H26N2O3/c25-22(26)27-20-19(16-10-4-1-5-11-16)17-12-6-2-7-13-18(17)23-21(20)24-14-8-3-9-15-24/h1,4-5,10-11H,2-3,6-9,12-15H2,(H,25,26). The van der Waals surface area contributed by atoms with Crippen LogP contribution >= 0.6 is 0 Å². The molecule has 1 N–H and O–H groups in total. The Bertz CT molecular complexity index is 814. The van der Waals surface area contributed by atoms with Gasteiger partial charge < -0.3 is 14.7 Å². The van der Waals surface area contributed by atoms with Crippen molar-refractivity contribution >= 4 is 12.0 Å². The van der Waals surface area contributed by atoms with Crippen LogP contribution in [-0.2, 0) is 12.8 Å². The van der Waals surface area contributed by atoms with Crippen molar-refractivity contribution in [1.82, 2.24) is 4.98 Å². The summed E-state index contributed by atoms with van der Waals surface area (Å²) in [6.45, 7) is 1.80. The number of piperidine rings is 1. The molecular weight excluding hydrogens is 340 g/mol. The number of carboxylic acid groups (broad SMARTS) is 1. The highest BCUT2D eigenvalue weighted by Crippen LogP contribution is 2.43. The maximum absolute atomic E-state index is 11.6. The third-order valence-corrected chi connectivity index (χ3v) is 5.57. The van der Waals surface area contributed by atoms with Crippen molar-refractivity contribution in [1.29, 1.82) is 0 Å². The molecule has 2 aromatic rings. The first-order valence-corrected chi connectivity index (χ1v) is 10.0. The fourth-order valence-corrected chi connectivity index (χ4v) is 4.30. The van der Waals surface area contributed by atoms with Crippen molar-refractivity contribution in [3.63, 3.8) is 0 Å². The van der Waals surface area contributed by atoms with Crippen LogP contribution in [0.5, 0.6) is 5.75 Å². The number of ether oxygens (including phenoxy) is 1. The second-order valence-electron chi connectivity index (χ2n) is 7.41. The van der Waals surface area contributed by atoms with E-state index < -0.39 is 6.16 Å². The van der Waals surface area contributed by atoms with Crippen LogP contribution in [0.15, 0.2) is 30.3 Å². The van der Waals surface area contributed by atoms with Gasteiger partial charge in [0.2, 0.25) is 0 Å². The molecule has 27 heavy (non-hydrogen) atoms. The zero-order valence-electron chi connectivity index (χ0n) is 15.6. The number of hydrogen-bond donors (Lipinski definition) is 1. The maximum Gasteiger partial charge on any atom is 0.511 e. The first-order valence-electron chi connectivity index (χ1n) is 10.0. The molecule has 0 atom stereocenters. The molecular formula is C22H26N2O3. The number of pyridine rings is 1. The van der Waals surface area contributed by atoms with Gasteiger partial charge in [-0.2, -0.15) is 0 Å². The second kappa shape index (κ2) is 7.99. The maximum atomic E-state index is 11.6. The number of hydrogen-bond acceptors (Lipinski definition) is 4. The number of fused-ring (bicyclic) bond motifs is 1. The summed E-state index contributed by atoms with van der Waals surface area (Å²) in [6, 6.07) is 10.0. The lowest BCUT2D eigenvalue weighted by atomic mass is 9.94. The molecule has 1 aromatic carbocycles. The van der Waals surface area contributed by atoms with Crippen molar-refractivity contribution < 1.29 is 14.6 Å². The molecule has 0 amide bonds. The molecule has 5 heteroatoms. The van der Waals surface area contributed by atoms with Crippen LogP contribution in [0.25, 0.3) is 11.1 Å². The molecule has 4 rings (SSSR count). The van der Waals surface area contributed by atoms with Gasteiger partial charge in [-0.3, -0.25) is 0 Å². The topological polar surface area (TPSA) is 62.7 Å². The average Bonchev–Trinajstić information content (AvgIpc) is 2.93. The van der Waals surface area contributed by atoms with Gasteiger partial charge in [0.05, 0.1) is 0 Å². The molecule has 0 bridgehead atoms. The number of aryl methyl sites for hydroxylation is 1. The molecule has 1 saturated heterocycles. The Balaban J connectivity index is 1.95. The molecule has 0 unspecified atom stereocenters. The quantitative estimate of drug-likeness (QED) is 0.607. The van der Waals surface area contributed by atoms with E-state index in [0.717, 1.165) is 74.0 Å². The van der Waals surface area contributed by atoms with Crippen LogP contribution in [0.3, 0.4) is 0 Å². The highest BCUT2D eigenvalue weighted by molar-refractivity contribution is 5.83. The van der Waals surface area contributed by atoms with Gasteiger partial charge in [0.15, 0.2) is 11.6 Å². The smallest absolute Gasteiger partial charge is 0.449 e. The van der Waals surface area contributed by atoms with Crippen LogP contribution in [0.4, 0.5) is 10.6 Å². The van der Waals surface area contributed by atoms with E-state index in [1.807, 2.05) is 30.3 Å². The molecule has 1 aliphatic carbocycles. The SMILES string of the molecule is O=C(O)Oc1c(N2CCCCC2)nc2c(c1-c1ccccc1)CCCCC2. The Kier molecular flexibility index (Phi) is 5.28. The summed E-state index contributed by atoms with van der Waals surface area (Å²) >= 11 is 0. The van der Waals surface area contributed by atoms with E-state index in [9.17, 15) is 9.90 Å². The van der Waals surface area contributed by atoms with Gasteiger partial charge in [0.1, 0.15) is 0 Å². The fourth-order valence-electron chi connectivity index (χ4n) is 4.30. The number of nitrogens with zero attached hydrogens (tertiary/aromatic N) is 2. The van der Waals surface area contributed by atoms with Gasteiger partial charge in [-0.1, -0.05) is 36.8 Å². The summed E-state index contributed by atoms with van der Waals surface area (Å²) in [5.41, 5.74) is 4.21. The summed E-state index contributed by atoms with van der Waals surface area (Å²) in [7, 11) is 0. The Morgan fingerprint density at radius 1 is 0.963 bits per heavy atom. The molecule has 1 aromatic heterocycles. The molecule has 0 spiro atoms. The molecule has 0 saturated carbocycles. The number of aromatic nitrogens is 1. The van der Waals surface area contributed by atoms with Gasteiger partial charge in [0, 0.05) is 24.3 Å². The molecule has 142 valence electrons. The molecule has 2 aliphatic rings. The molecule has 5 nitrogen and oxygen atoms in total. The van der Waals surface area contributed by atoms with Crippen LogP contribution in [-0.4, -0.2) is 29.3 Å². The third-order valence-electron chi connectivity index (χ3n) is 5.57. The first-order chi connectivity index (χ1) is 13.2. The zero-order valence-corrected chi connectivity index (χ0v) is 15.6. The lowest BCUT2D eigenvalue weighted by Gasteiger charge is -2.31. The summed E-state index contributed by atoms with van der Waals surface area (Å²) in [5.74, 6) is 1.12.